The molecule has 0 heterocycles. The predicted octanol–water partition coefficient (Wildman–Crippen LogP) is 4.40. The lowest BCUT2D eigenvalue weighted by Gasteiger charge is -2.09. The number of esters is 1. The van der Waals surface area contributed by atoms with E-state index in [1.165, 1.54) is 5.56 Å². The third-order valence-corrected chi connectivity index (χ3v) is 4.15. The summed E-state index contributed by atoms with van der Waals surface area (Å²) in [6, 6.07) is 13.8. The molecule has 0 bridgehead atoms. The molecule has 22 heavy (non-hydrogen) atoms. The van der Waals surface area contributed by atoms with Crippen molar-refractivity contribution in [3.8, 4) is 11.5 Å². The van der Waals surface area contributed by atoms with Crippen molar-refractivity contribution < 1.29 is 14.3 Å². The first kappa shape index (κ1) is 16.4. The largest absolute Gasteiger partial charge is 0.493 e. The monoisotopic (exact) mass is 316 g/mol. The van der Waals surface area contributed by atoms with Gasteiger partial charge in [-0.25, -0.2) is 0 Å². The minimum atomic E-state index is -0.248. The third-order valence-electron chi connectivity index (χ3n) is 3.14. The topological polar surface area (TPSA) is 35.5 Å². The maximum Gasteiger partial charge on any atom is 0.312 e. The van der Waals surface area contributed by atoms with Crippen LogP contribution in [0, 0.1) is 13.8 Å². The molecule has 2 aromatic carbocycles. The number of rotatable bonds is 6. The van der Waals surface area contributed by atoms with E-state index in [-0.39, 0.29) is 5.97 Å². The van der Waals surface area contributed by atoms with Crippen molar-refractivity contribution in [1.29, 1.82) is 0 Å². The van der Waals surface area contributed by atoms with Crippen molar-refractivity contribution >= 4 is 17.7 Å². The standard InChI is InChI=1S/C18H20O3S/c1-13-4-7-15(8-5-13)22-11-10-18(19)21-16-9-6-14(2)12-17(16)20-3/h4-9,12H,10-11H2,1-3H3. The summed E-state index contributed by atoms with van der Waals surface area (Å²) in [7, 11) is 1.57. The Morgan fingerprint density at radius 3 is 2.36 bits per heavy atom. The lowest BCUT2D eigenvalue weighted by atomic mass is 10.2. The van der Waals surface area contributed by atoms with Crippen LogP contribution in [0.15, 0.2) is 47.4 Å². The van der Waals surface area contributed by atoms with E-state index in [1.807, 2.05) is 19.1 Å². The van der Waals surface area contributed by atoms with Gasteiger partial charge in [0.25, 0.3) is 0 Å². The molecule has 0 fully saturated rings. The Morgan fingerprint density at radius 2 is 1.68 bits per heavy atom. The molecule has 0 aliphatic heterocycles. The number of carbonyl (C=O) groups is 1. The van der Waals surface area contributed by atoms with Gasteiger partial charge in [-0.1, -0.05) is 23.8 Å². The molecule has 0 N–H and O–H groups in total. The normalized spacial score (nSPS) is 10.3. The van der Waals surface area contributed by atoms with Gasteiger partial charge in [0, 0.05) is 10.6 Å². The van der Waals surface area contributed by atoms with Crippen LogP contribution in [-0.4, -0.2) is 18.8 Å². The van der Waals surface area contributed by atoms with Gasteiger partial charge in [-0.3, -0.25) is 4.79 Å². The van der Waals surface area contributed by atoms with Crippen molar-refractivity contribution in [2.45, 2.75) is 25.2 Å². The van der Waals surface area contributed by atoms with Crippen molar-refractivity contribution in [1.82, 2.24) is 0 Å². The highest BCUT2D eigenvalue weighted by molar-refractivity contribution is 7.99. The van der Waals surface area contributed by atoms with E-state index in [2.05, 4.69) is 31.2 Å². The Bertz CT molecular complexity index is 635. The van der Waals surface area contributed by atoms with Crippen LogP contribution in [0.25, 0.3) is 0 Å². The molecule has 0 atom stereocenters. The second-order valence-electron chi connectivity index (χ2n) is 5.04. The number of thioether (sulfide) groups is 1. The Kier molecular flexibility index (Phi) is 5.90. The minimum Gasteiger partial charge on any atom is -0.493 e. The molecular weight excluding hydrogens is 296 g/mol. The van der Waals surface area contributed by atoms with E-state index >= 15 is 0 Å². The molecule has 2 rings (SSSR count). The van der Waals surface area contributed by atoms with Crippen molar-refractivity contribution in [2.75, 3.05) is 12.9 Å². The van der Waals surface area contributed by atoms with E-state index < -0.39 is 0 Å². The van der Waals surface area contributed by atoms with Crippen molar-refractivity contribution in [3.05, 3.63) is 53.6 Å². The Balaban J connectivity index is 1.84. The second-order valence-corrected chi connectivity index (χ2v) is 6.21. The first-order valence-corrected chi connectivity index (χ1v) is 8.12. The molecule has 0 radical (unpaired) electrons. The zero-order valence-electron chi connectivity index (χ0n) is 13.1. The fourth-order valence-corrected chi connectivity index (χ4v) is 2.75. The van der Waals surface area contributed by atoms with Crippen molar-refractivity contribution in [3.63, 3.8) is 0 Å². The highest BCUT2D eigenvalue weighted by atomic mass is 32.2. The summed E-state index contributed by atoms with van der Waals surface area (Å²) in [6.07, 6.45) is 0.357. The highest BCUT2D eigenvalue weighted by Crippen LogP contribution is 2.28. The molecule has 0 spiro atoms. The third kappa shape index (κ3) is 4.81. The van der Waals surface area contributed by atoms with Crippen LogP contribution in [0.1, 0.15) is 17.5 Å². The van der Waals surface area contributed by atoms with Gasteiger partial charge in [-0.15, -0.1) is 11.8 Å². The fraction of sp³-hybridized carbons (Fsp3) is 0.278. The maximum atomic E-state index is 11.9. The summed E-state index contributed by atoms with van der Waals surface area (Å²) in [5.41, 5.74) is 2.29. The molecular formula is C18H20O3S. The Morgan fingerprint density at radius 1 is 1.00 bits per heavy atom. The summed E-state index contributed by atoms with van der Waals surface area (Å²) < 4.78 is 10.6. The first-order valence-electron chi connectivity index (χ1n) is 7.13. The zero-order valence-corrected chi connectivity index (χ0v) is 13.9. The Labute approximate surface area is 135 Å². The average molecular weight is 316 g/mol. The number of hydrogen-bond donors (Lipinski definition) is 0. The summed E-state index contributed by atoms with van der Waals surface area (Å²) >= 11 is 1.65. The van der Waals surface area contributed by atoms with E-state index in [9.17, 15) is 4.79 Å². The van der Waals surface area contributed by atoms with Crippen LogP contribution in [0.5, 0.6) is 11.5 Å². The average Bonchev–Trinajstić information content (AvgIpc) is 2.51. The van der Waals surface area contributed by atoms with Gasteiger partial charge >= 0.3 is 5.97 Å². The van der Waals surface area contributed by atoms with E-state index in [0.29, 0.717) is 23.7 Å². The summed E-state index contributed by atoms with van der Waals surface area (Å²) in [4.78, 5) is 13.1. The molecule has 0 saturated carbocycles. The van der Waals surface area contributed by atoms with Crippen LogP contribution in [0.3, 0.4) is 0 Å². The molecule has 116 valence electrons. The predicted molar refractivity (Wildman–Crippen MR) is 89.9 cm³/mol. The van der Waals surface area contributed by atoms with Crippen molar-refractivity contribution in [2.24, 2.45) is 0 Å². The van der Waals surface area contributed by atoms with E-state index in [4.69, 9.17) is 9.47 Å². The van der Waals surface area contributed by atoms with Gasteiger partial charge in [-0.05, 0) is 43.7 Å². The number of aryl methyl sites for hydroxylation is 2. The molecule has 0 aromatic heterocycles. The SMILES string of the molecule is COc1cc(C)ccc1OC(=O)CCSc1ccc(C)cc1. The fourth-order valence-electron chi connectivity index (χ4n) is 1.92. The summed E-state index contributed by atoms with van der Waals surface area (Å²) in [6.45, 7) is 4.02. The lowest BCUT2D eigenvalue weighted by molar-refractivity contribution is -0.134. The van der Waals surface area contributed by atoms with E-state index in [1.54, 1.807) is 24.9 Å². The van der Waals surface area contributed by atoms with E-state index in [0.717, 1.165) is 10.5 Å². The number of carbonyl (C=O) groups excluding carboxylic acids is 1. The molecule has 0 aliphatic rings. The Hall–Kier alpha value is -1.94. The summed E-state index contributed by atoms with van der Waals surface area (Å²) in [5.74, 6) is 1.50. The van der Waals surface area contributed by atoms with Gasteiger partial charge in [0.15, 0.2) is 11.5 Å². The van der Waals surface area contributed by atoms with Gasteiger partial charge in [0.2, 0.25) is 0 Å². The van der Waals surface area contributed by atoms with Crippen LogP contribution < -0.4 is 9.47 Å². The molecule has 2 aromatic rings. The molecule has 0 amide bonds. The maximum absolute atomic E-state index is 11.9. The summed E-state index contributed by atoms with van der Waals surface area (Å²) in [5, 5.41) is 0. The van der Waals surface area contributed by atoms with Crippen LogP contribution in [-0.2, 0) is 4.79 Å². The minimum absolute atomic E-state index is 0.248. The smallest absolute Gasteiger partial charge is 0.312 e. The molecule has 0 aliphatic carbocycles. The lowest BCUT2D eigenvalue weighted by Crippen LogP contribution is -2.09. The van der Waals surface area contributed by atoms with Gasteiger partial charge in [0.05, 0.1) is 13.5 Å². The second kappa shape index (κ2) is 7.90. The number of benzene rings is 2. The van der Waals surface area contributed by atoms with Gasteiger partial charge < -0.3 is 9.47 Å². The molecule has 4 heteroatoms. The molecule has 3 nitrogen and oxygen atoms in total. The molecule has 0 unspecified atom stereocenters. The van der Waals surface area contributed by atoms with Crippen LogP contribution >= 0.6 is 11.8 Å². The molecule has 0 saturated heterocycles. The quantitative estimate of drug-likeness (QED) is 0.449. The van der Waals surface area contributed by atoms with Crippen LogP contribution in [0.4, 0.5) is 0 Å². The van der Waals surface area contributed by atoms with Gasteiger partial charge in [0.1, 0.15) is 0 Å². The number of methoxy groups -OCH3 is 1. The zero-order chi connectivity index (χ0) is 15.9. The highest BCUT2D eigenvalue weighted by Gasteiger charge is 2.10. The van der Waals surface area contributed by atoms with Gasteiger partial charge in [-0.2, -0.15) is 0 Å². The first-order chi connectivity index (χ1) is 10.6. The number of hydrogen-bond acceptors (Lipinski definition) is 4. The van der Waals surface area contributed by atoms with Crippen LogP contribution in [0.2, 0.25) is 0 Å². The number of ether oxygens (including phenoxy) is 2.